The van der Waals surface area contributed by atoms with E-state index in [2.05, 4.69) is 25.3 Å². The largest absolute Gasteiger partial charge is 0.486 e. The van der Waals surface area contributed by atoms with Crippen molar-refractivity contribution in [1.82, 2.24) is 15.0 Å². The Labute approximate surface area is 217 Å². The van der Waals surface area contributed by atoms with Gasteiger partial charge in [0.2, 0.25) is 0 Å². The molecule has 1 saturated heterocycles. The summed E-state index contributed by atoms with van der Waals surface area (Å²) in [5.41, 5.74) is -1.23. The molecule has 1 aromatic heterocycles. The molecule has 206 valence electrons. The third kappa shape index (κ3) is 4.85. The van der Waals surface area contributed by atoms with Gasteiger partial charge in [-0.25, -0.2) is 22.9 Å². The monoisotopic (exact) mass is 555 g/mol. The molecule has 2 atom stereocenters. The number of fused-ring (bicyclic) bond motifs is 1. The highest BCUT2D eigenvalue weighted by molar-refractivity contribution is 8.04. The maximum Gasteiger partial charge on any atom is 0.410 e. The molecule has 4 N–H and O–H groups in total. The Kier molecular flexibility index (Phi) is 7.23. The normalized spacial score (nSPS) is 24.2. The number of hydrogen-bond acceptors (Lipinski definition) is 6. The van der Waals surface area contributed by atoms with Gasteiger partial charge in [-0.2, -0.15) is 0 Å². The van der Waals surface area contributed by atoms with E-state index in [4.69, 9.17) is 4.74 Å². The Morgan fingerprint density at radius 2 is 1.97 bits per heavy atom. The number of benzene rings is 1. The number of thiol groups is 1. The minimum absolute atomic E-state index is 0.0353. The summed E-state index contributed by atoms with van der Waals surface area (Å²) >= 11 is 0. The van der Waals surface area contributed by atoms with Gasteiger partial charge in [-0.05, 0) is 67.6 Å². The van der Waals surface area contributed by atoms with Crippen molar-refractivity contribution >= 4 is 33.6 Å². The summed E-state index contributed by atoms with van der Waals surface area (Å²) in [5.74, 6) is -1.30. The first-order chi connectivity index (χ1) is 17.8. The van der Waals surface area contributed by atoms with Gasteiger partial charge in [0.15, 0.2) is 0 Å². The van der Waals surface area contributed by atoms with Crippen LogP contribution in [0.25, 0.3) is 0 Å². The molecular weight excluding hydrogens is 527 g/mol. The number of carboxylic acid groups (broad SMARTS) is 1. The Balaban J connectivity index is 1.67. The van der Waals surface area contributed by atoms with Crippen molar-refractivity contribution in [2.75, 3.05) is 18.5 Å². The highest BCUT2D eigenvalue weighted by Gasteiger charge is 2.59. The lowest BCUT2D eigenvalue weighted by atomic mass is 9.85. The van der Waals surface area contributed by atoms with E-state index in [1.807, 2.05) is 0 Å². The summed E-state index contributed by atoms with van der Waals surface area (Å²) in [7, 11) is -3.33. The van der Waals surface area contributed by atoms with Crippen molar-refractivity contribution in [3.05, 3.63) is 53.6 Å². The van der Waals surface area contributed by atoms with Crippen LogP contribution in [0.4, 0.5) is 23.7 Å². The molecule has 2 aliphatic rings. The van der Waals surface area contributed by atoms with Gasteiger partial charge in [-0.15, -0.1) is 0 Å². The van der Waals surface area contributed by atoms with Crippen LogP contribution in [0, 0.1) is 5.82 Å². The number of alkyl halides is 2. The lowest BCUT2D eigenvalue weighted by molar-refractivity contribution is 0.0816. The van der Waals surface area contributed by atoms with Crippen LogP contribution in [0.3, 0.4) is 0 Å². The highest BCUT2D eigenvalue weighted by Crippen LogP contribution is 2.49. The van der Waals surface area contributed by atoms with E-state index in [9.17, 15) is 27.7 Å². The minimum Gasteiger partial charge on any atom is -0.486 e. The predicted octanol–water partition coefficient (Wildman–Crippen LogP) is 3.08. The number of nitrogens with one attached hydrogen (secondary N) is 3. The number of nitrogens with zero attached hydrogens (tertiary/aromatic N) is 2. The van der Waals surface area contributed by atoms with E-state index >= 15 is 4.39 Å². The van der Waals surface area contributed by atoms with Gasteiger partial charge >= 0.3 is 6.09 Å². The Hall–Kier alpha value is -3.52. The maximum atomic E-state index is 15.3. The molecule has 2 aromatic rings. The van der Waals surface area contributed by atoms with E-state index in [-0.39, 0.29) is 28.5 Å². The summed E-state index contributed by atoms with van der Waals surface area (Å²) in [6.45, 7) is 4.45. The van der Waals surface area contributed by atoms with Crippen molar-refractivity contribution < 1.29 is 36.8 Å². The van der Waals surface area contributed by atoms with Crippen LogP contribution in [0.15, 0.2) is 41.5 Å². The second kappa shape index (κ2) is 9.98. The molecule has 0 aliphatic carbocycles. The number of aromatic nitrogens is 1. The topological polar surface area (TPSA) is 142 Å². The first kappa shape index (κ1) is 27.5. The van der Waals surface area contributed by atoms with Gasteiger partial charge in [-0.3, -0.25) is 24.0 Å². The second-order valence-electron chi connectivity index (χ2n) is 9.70. The molecule has 10 nitrogen and oxygen atoms in total. The molecule has 14 heteroatoms. The fourth-order valence-electron chi connectivity index (χ4n) is 4.95. The number of carbonyl (C=O) groups excluding carboxylic acids is 1. The zero-order chi connectivity index (χ0) is 27.9. The number of pyridine rings is 1. The molecule has 0 saturated carbocycles. The summed E-state index contributed by atoms with van der Waals surface area (Å²) in [4.78, 5) is 32.8. The zero-order valence-electron chi connectivity index (χ0n) is 20.8. The number of aliphatic imine (C=N–C) groups is 1. The molecule has 2 aliphatic heterocycles. The molecule has 3 heterocycles. The number of carbonyl (C=O) groups is 2. The van der Waals surface area contributed by atoms with Crippen LogP contribution in [0.1, 0.15) is 43.2 Å². The highest BCUT2D eigenvalue weighted by atomic mass is 32.3. The van der Waals surface area contributed by atoms with Crippen LogP contribution in [-0.2, 0) is 15.7 Å². The van der Waals surface area contributed by atoms with Crippen LogP contribution >= 0.6 is 0 Å². The number of amidine groups is 1. The third-order valence-corrected chi connectivity index (χ3v) is 11.2. The van der Waals surface area contributed by atoms with Gasteiger partial charge in [0.1, 0.15) is 35.2 Å². The third-order valence-electron chi connectivity index (χ3n) is 6.95. The first-order valence-electron chi connectivity index (χ1n) is 11.7. The van der Waals surface area contributed by atoms with Crippen molar-refractivity contribution in [2.24, 2.45) is 4.99 Å². The second-order valence-corrected chi connectivity index (χ2v) is 13.1. The van der Waals surface area contributed by atoms with Gasteiger partial charge in [0, 0.05) is 17.8 Å². The molecule has 0 spiro atoms. The van der Waals surface area contributed by atoms with Crippen molar-refractivity contribution in [3.63, 3.8) is 0 Å². The molecule has 1 aromatic carbocycles. The van der Waals surface area contributed by atoms with Crippen LogP contribution in [0.2, 0.25) is 0 Å². The molecular formula is C24H28F3N5O5S. The SMILES string of the molecule is CC1(C)C(NC(=O)O)=N[C@](C)(c2cc(NC(=O)c3ccc(OCC(F)F)cn3)ccc2F)[C@@H]2CCN[SH]21=O. The number of rotatable bonds is 6. The summed E-state index contributed by atoms with van der Waals surface area (Å²) in [6, 6.07) is 6.45. The number of halogens is 3. The standard InChI is InChI=1S/C24H28F3N5O5S/c1-23(2)21(31-22(34)35)32-24(3,18-8-9-29-38(18,23)36)15-10-13(4-6-16(15)25)30-20(33)17-7-5-14(11-28-17)37-12-19(26)27/h4-7,10-11,18-19,38H,8-9,12H2,1-3H3,(H,29,36)(H,30,33)(H,31,32)(H,34,35)/t18-,24+/m0/s1. The van der Waals surface area contributed by atoms with Gasteiger partial charge in [0.05, 0.1) is 16.2 Å². The number of ether oxygens (including phenoxy) is 1. The minimum atomic E-state index is -3.33. The molecule has 0 radical (unpaired) electrons. The van der Waals surface area contributed by atoms with Crippen LogP contribution in [-0.4, -0.2) is 61.7 Å². The van der Waals surface area contributed by atoms with E-state index in [0.29, 0.717) is 13.0 Å². The summed E-state index contributed by atoms with van der Waals surface area (Å²) in [5, 5.41) is 13.6. The lowest BCUT2D eigenvalue weighted by Gasteiger charge is -2.51. The van der Waals surface area contributed by atoms with Crippen molar-refractivity contribution in [3.8, 4) is 5.75 Å². The average Bonchev–Trinajstić information content (AvgIpc) is 3.27. The van der Waals surface area contributed by atoms with E-state index in [1.165, 1.54) is 24.3 Å². The summed E-state index contributed by atoms with van der Waals surface area (Å²) < 4.78 is 60.9. The summed E-state index contributed by atoms with van der Waals surface area (Å²) in [6.07, 6.45) is -2.49. The first-order valence-corrected chi connectivity index (χ1v) is 13.5. The van der Waals surface area contributed by atoms with Gasteiger partial charge in [0.25, 0.3) is 12.3 Å². The molecule has 38 heavy (non-hydrogen) atoms. The Morgan fingerprint density at radius 3 is 2.61 bits per heavy atom. The fraction of sp³-hybridized carbons (Fsp3) is 0.417. The van der Waals surface area contributed by atoms with Gasteiger partial charge in [-0.1, -0.05) is 0 Å². The lowest BCUT2D eigenvalue weighted by Crippen LogP contribution is -2.65. The zero-order valence-corrected chi connectivity index (χ0v) is 21.7. The predicted molar refractivity (Wildman–Crippen MR) is 136 cm³/mol. The van der Waals surface area contributed by atoms with Crippen LogP contribution < -0.4 is 20.1 Å². The molecule has 2 amide bonds. The van der Waals surface area contributed by atoms with Gasteiger partial charge < -0.3 is 15.2 Å². The molecule has 0 unspecified atom stereocenters. The van der Waals surface area contributed by atoms with E-state index < -0.39 is 56.5 Å². The molecule has 0 bridgehead atoms. The number of hydrogen-bond donors (Lipinski definition) is 5. The smallest absolute Gasteiger partial charge is 0.410 e. The maximum absolute atomic E-state index is 15.3. The van der Waals surface area contributed by atoms with E-state index in [1.54, 1.807) is 20.8 Å². The number of amides is 2. The van der Waals surface area contributed by atoms with E-state index in [0.717, 1.165) is 12.3 Å². The fourth-order valence-corrected chi connectivity index (χ4v) is 8.62. The Bertz CT molecular complexity index is 1340. The average molecular weight is 556 g/mol. The molecule has 4 rings (SSSR count). The van der Waals surface area contributed by atoms with Crippen LogP contribution in [0.5, 0.6) is 5.75 Å². The molecule has 1 fully saturated rings. The Morgan fingerprint density at radius 1 is 1.24 bits per heavy atom. The van der Waals surface area contributed by atoms with Crippen molar-refractivity contribution in [1.29, 1.82) is 0 Å². The van der Waals surface area contributed by atoms with Crippen molar-refractivity contribution in [2.45, 2.75) is 49.2 Å². The quantitative estimate of drug-likeness (QED) is 0.347. The number of anilines is 1.